The van der Waals surface area contributed by atoms with Crippen molar-refractivity contribution in [2.45, 2.75) is 13.5 Å². The molecule has 0 unspecified atom stereocenters. The van der Waals surface area contributed by atoms with E-state index in [0.29, 0.717) is 6.61 Å². The molecule has 0 saturated carbocycles. The first-order valence-electron chi connectivity index (χ1n) is 5.03. The SMILES string of the molecule is Cc1ccccc1OCc1cnc(C(=O)O)s1. The molecule has 5 heteroatoms. The highest BCUT2D eigenvalue weighted by molar-refractivity contribution is 7.13. The Morgan fingerprint density at radius 2 is 2.24 bits per heavy atom. The maximum absolute atomic E-state index is 10.6. The average molecular weight is 249 g/mol. The highest BCUT2D eigenvalue weighted by Crippen LogP contribution is 2.20. The van der Waals surface area contributed by atoms with Crippen LogP contribution in [0.25, 0.3) is 0 Å². The zero-order valence-corrected chi connectivity index (χ0v) is 10.0. The molecule has 1 aromatic heterocycles. The summed E-state index contributed by atoms with van der Waals surface area (Å²) >= 11 is 1.13. The summed E-state index contributed by atoms with van der Waals surface area (Å²) in [6, 6.07) is 7.69. The van der Waals surface area contributed by atoms with Gasteiger partial charge in [0.15, 0.2) is 0 Å². The lowest BCUT2D eigenvalue weighted by Gasteiger charge is -2.06. The van der Waals surface area contributed by atoms with E-state index < -0.39 is 5.97 Å². The number of carbonyl (C=O) groups is 1. The Labute approximate surface area is 103 Å². The second kappa shape index (κ2) is 4.97. The largest absolute Gasteiger partial charge is 0.488 e. The van der Waals surface area contributed by atoms with E-state index in [0.717, 1.165) is 27.5 Å². The molecule has 0 radical (unpaired) electrons. The number of hydrogen-bond acceptors (Lipinski definition) is 4. The third kappa shape index (κ3) is 2.82. The van der Waals surface area contributed by atoms with Crippen molar-refractivity contribution in [3.05, 3.63) is 45.9 Å². The summed E-state index contributed by atoms with van der Waals surface area (Å²) in [5.74, 6) is -0.199. The minimum absolute atomic E-state index is 0.0911. The molecule has 0 aliphatic heterocycles. The summed E-state index contributed by atoms with van der Waals surface area (Å²) in [7, 11) is 0. The Bertz CT molecular complexity index is 536. The monoisotopic (exact) mass is 249 g/mol. The van der Waals surface area contributed by atoms with Gasteiger partial charge in [0.2, 0.25) is 5.01 Å². The molecular weight excluding hydrogens is 238 g/mol. The van der Waals surface area contributed by atoms with E-state index in [1.807, 2.05) is 31.2 Å². The van der Waals surface area contributed by atoms with Gasteiger partial charge in [-0.2, -0.15) is 0 Å². The molecule has 0 saturated heterocycles. The molecular formula is C12H11NO3S. The third-order valence-electron chi connectivity index (χ3n) is 2.20. The maximum atomic E-state index is 10.6. The van der Waals surface area contributed by atoms with E-state index in [1.54, 1.807) is 0 Å². The van der Waals surface area contributed by atoms with Gasteiger partial charge in [-0.25, -0.2) is 9.78 Å². The van der Waals surface area contributed by atoms with Crippen LogP contribution >= 0.6 is 11.3 Å². The summed E-state index contributed by atoms with van der Waals surface area (Å²) in [6.45, 7) is 2.31. The number of thiazole rings is 1. The molecule has 2 aromatic rings. The van der Waals surface area contributed by atoms with Gasteiger partial charge in [0, 0.05) is 6.20 Å². The van der Waals surface area contributed by atoms with Crippen molar-refractivity contribution in [3.63, 3.8) is 0 Å². The molecule has 0 aliphatic rings. The molecule has 0 atom stereocenters. The molecule has 4 nitrogen and oxygen atoms in total. The van der Waals surface area contributed by atoms with Crippen LogP contribution < -0.4 is 4.74 Å². The van der Waals surface area contributed by atoms with Crippen molar-refractivity contribution in [3.8, 4) is 5.75 Å². The standard InChI is InChI=1S/C12H11NO3S/c1-8-4-2-3-5-10(8)16-7-9-6-13-11(17-9)12(14)15/h2-6H,7H2,1H3,(H,14,15). The average Bonchev–Trinajstić information content (AvgIpc) is 2.77. The number of aromatic carboxylic acids is 1. The van der Waals surface area contributed by atoms with Crippen LogP contribution in [0.15, 0.2) is 30.5 Å². The van der Waals surface area contributed by atoms with Gasteiger partial charge in [0.1, 0.15) is 12.4 Å². The number of hydrogen-bond donors (Lipinski definition) is 1. The highest BCUT2D eigenvalue weighted by Gasteiger charge is 2.09. The molecule has 0 amide bonds. The first kappa shape index (κ1) is 11.6. The van der Waals surface area contributed by atoms with Crippen LogP contribution in [-0.2, 0) is 6.61 Å². The topological polar surface area (TPSA) is 59.4 Å². The van der Waals surface area contributed by atoms with Gasteiger partial charge in [-0.3, -0.25) is 0 Å². The second-order valence-electron chi connectivity index (χ2n) is 3.49. The fraction of sp³-hybridized carbons (Fsp3) is 0.167. The lowest BCUT2D eigenvalue weighted by Crippen LogP contribution is -1.94. The van der Waals surface area contributed by atoms with Crippen LogP contribution in [0.4, 0.5) is 0 Å². The lowest BCUT2D eigenvalue weighted by molar-refractivity contribution is 0.0696. The van der Waals surface area contributed by atoms with E-state index in [-0.39, 0.29) is 5.01 Å². The van der Waals surface area contributed by atoms with Gasteiger partial charge in [-0.05, 0) is 18.6 Å². The van der Waals surface area contributed by atoms with Crippen molar-refractivity contribution in [1.82, 2.24) is 4.98 Å². The Balaban J connectivity index is 2.02. The Hall–Kier alpha value is -1.88. The van der Waals surface area contributed by atoms with Crippen molar-refractivity contribution < 1.29 is 14.6 Å². The Morgan fingerprint density at radius 3 is 2.88 bits per heavy atom. The predicted octanol–water partition coefficient (Wildman–Crippen LogP) is 2.73. The minimum atomic E-state index is -1.00. The summed E-state index contributed by atoms with van der Waals surface area (Å²) in [5.41, 5.74) is 1.05. The molecule has 1 N–H and O–H groups in total. The number of carboxylic acids is 1. The summed E-state index contributed by atoms with van der Waals surface area (Å²) in [5, 5.41) is 8.83. The first-order valence-corrected chi connectivity index (χ1v) is 5.85. The number of para-hydroxylation sites is 1. The maximum Gasteiger partial charge on any atom is 0.365 e. The van der Waals surface area contributed by atoms with Crippen LogP contribution in [-0.4, -0.2) is 16.1 Å². The quantitative estimate of drug-likeness (QED) is 0.905. The predicted molar refractivity (Wildman–Crippen MR) is 64.6 cm³/mol. The number of benzene rings is 1. The molecule has 2 rings (SSSR count). The summed E-state index contributed by atoms with van der Waals surface area (Å²) < 4.78 is 5.59. The number of ether oxygens (including phenoxy) is 1. The van der Waals surface area contributed by atoms with Gasteiger partial charge in [-0.1, -0.05) is 18.2 Å². The summed E-state index contributed by atoms with van der Waals surface area (Å²) in [6.07, 6.45) is 1.53. The second-order valence-corrected chi connectivity index (χ2v) is 4.61. The zero-order chi connectivity index (χ0) is 12.3. The van der Waals surface area contributed by atoms with Crippen molar-refractivity contribution >= 4 is 17.3 Å². The highest BCUT2D eigenvalue weighted by atomic mass is 32.1. The molecule has 0 spiro atoms. The number of aromatic nitrogens is 1. The molecule has 0 bridgehead atoms. The van der Waals surface area contributed by atoms with Crippen LogP contribution in [0.2, 0.25) is 0 Å². The molecule has 88 valence electrons. The van der Waals surface area contributed by atoms with Crippen LogP contribution in [0.5, 0.6) is 5.75 Å². The van der Waals surface area contributed by atoms with Gasteiger partial charge < -0.3 is 9.84 Å². The van der Waals surface area contributed by atoms with E-state index in [1.165, 1.54) is 6.20 Å². The van der Waals surface area contributed by atoms with E-state index >= 15 is 0 Å². The fourth-order valence-corrected chi connectivity index (χ4v) is 2.00. The van der Waals surface area contributed by atoms with E-state index in [2.05, 4.69) is 4.98 Å². The van der Waals surface area contributed by atoms with Crippen LogP contribution in [0, 0.1) is 6.92 Å². The molecule has 0 fully saturated rings. The van der Waals surface area contributed by atoms with Gasteiger partial charge in [-0.15, -0.1) is 11.3 Å². The van der Waals surface area contributed by atoms with Crippen molar-refractivity contribution in [2.24, 2.45) is 0 Å². The van der Waals surface area contributed by atoms with E-state index in [4.69, 9.17) is 9.84 Å². The van der Waals surface area contributed by atoms with Gasteiger partial charge in [0.25, 0.3) is 0 Å². The van der Waals surface area contributed by atoms with E-state index in [9.17, 15) is 4.79 Å². The number of rotatable bonds is 4. The fourth-order valence-electron chi connectivity index (χ4n) is 1.34. The minimum Gasteiger partial charge on any atom is -0.488 e. The Morgan fingerprint density at radius 1 is 1.47 bits per heavy atom. The number of carboxylic acid groups (broad SMARTS) is 1. The molecule has 1 aromatic carbocycles. The molecule has 17 heavy (non-hydrogen) atoms. The zero-order valence-electron chi connectivity index (χ0n) is 9.21. The lowest BCUT2D eigenvalue weighted by atomic mass is 10.2. The Kier molecular flexibility index (Phi) is 3.39. The molecule has 0 aliphatic carbocycles. The number of aryl methyl sites for hydroxylation is 1. The number of nitrogens with zero attached hydrogens (tertiary/aromatic N) is 1. The van der Waals surface area contributed by atoms with Crippen molar-refractivity contribution in [1.29, 1.82) is 0 Å². The van der Waals surface area contributed by atoms with Gasteiger partial charge >= 0.3 is 5.97 Å². The van der Waals surface area contributed by atoms with Crippen LogP contribution in [0.3, 0.4) is 0 Å². The normalized spacial score (nSPS) is 10.2. The molecule has 1 heterocycles. The summed E-state index contributed by atoms with van der Waals surface area (Å²) in [4.78, 5) is 15.2. The third-order valence-corrected chi connectivity index (χ3v) is 3.16. The van der Waals surface area contributed by atoms with Crippen LogP contribution in [0.1, 0.15) is 20.2 Å². The first-order chi connectivity index (χ1) is 8.16. The van der Waals surface area contributed by atoms with Crippen molar-refractivity contribution in [2.75, 3.05) is 0 Å². The smallest absolute Gasteiger partial charge is 0.365 e. The van der Waals surface area contributed by atoms with Gasteiger partial charge in [0.05, 0.1) is 4.88 Å².